The van der Waals surface area contributed by atoms with E-state index in [1.165, 1.54) is 62.1 Å². The molecule has 0 amide bonds. The van der Waals surface area contributed by atoms with E-state index >= 15 is 0 Å². The van der Waals surface area contributed by atoms with E-state index in [1.807, 2.05) is 58.1 Å². The molecule has 62 heavy (non-hydrogen) atoms. The molecular weight excluding hydrogens is 755 g/mol. The fraction of sp³-hybridized carbons (Fsp3) is 0.254. The van der Waals surface area contributed by atoms with Gasteiger partial charge in [0.1, 0.15) is 23.9 Å². The van der Waals surface area contributed by atoms with E-state index in [0.717, 1.165) is 76.3 Å². The summed E-state index contributed by atoms with van der Waals surface area (Å²) in [5.41, 5.74) is 17.5. The molecule has 3 nitrogen and oxygen atoms in total. The molecule has 1 aliphatic heterocycles. The Hall–Kier alpha value is -6.32. The summed E-state index contributed by atoms with van der Waals surface area (Å²) in [5, 5.41) is 1.19. The zero-order chi connectivity index (χ0) is 44.0. The summed E-state index contributed by atoms with van der Waals surface area (Å²) in [6, 6.07) is 26.8. The maximum atomic E-state index is 6.53. The zero-order valence-corrected chi connectivity index (χ0v) is 38.2. The monoisotopic (exact) mass is 817 g/mol. The highest BCUT2D eigenvalue weighted by Gasteiger charge is 2.36. The molecule has 0 N–H and O–H groups in total. The second-order valence-electron chi connectivity index (χ2n) is 16.4. The Labute approximate surface area is 371 Å². The minimum absolute atomic E-state index is 0.207. The minimum Gasteiger partial charge on any atom is -0.488 e. The van der Waals surface area contributed by atoms with Gasteiger partial charge >= 0.3 is 0 Å². The van der Waals surface area contributed by atoms with Crippen LogP contribution in [0.1, 0.15) is 114 Å². The molecule has 9 rings (SSSR count). The summed E-state index contributed by atoms with van der Waals surface area (Å²) >= 11 is 0. The molecule has 4 aliphatic rings. The van der Waals surface area contributed by atoms with Crippen LogP contribution in [0.3, 0.4) is 0 Å². The van der Waals surface area contributed by atoms with Crippen LogP contribution in [0, 0.1) is 6.92 Å². The summed E-state index contributed by atoms with van der Waals surface area (Å²) in [6.45, 7) is 26.3. The zero-order valence-electron chi connectivity index (χ0n) is 38.2. The topological polar surface area (TPSA) is 23.4 Å². The summed E-state index contributed by atoms with van der Waals surface area (Å²) in [5.74, 6) is 2.73. The molecule has 0 saturated heterocycles. The second kappa shape index (κ2) is 19.2. The van der Waals surface area contributed by atoms with Crippen molar-refractivity contribution in [2.75, 3.05) is 6.61 Å². The van der Waals surface area contributed by atoms with Crippen molar-refractivity contribution in [1.82, 2.24) is 4.57 Å². The summed E-state index contributed by atoms with van der Waals surface area (Å²) in [6.07, 6.45) is 28.9. The van der Waals surface area contributed by atoms with Gasteiger partial charge in [0.25, 0.3) is 0 Å². The molecule has 1 aromatic heterocycles. The van der Waals surface area contributed by atoms with Crippen LogP contribution in [0.25, 0.3) is 56.1 Å². The quantitative estimate of drug-likeness (QED) is 0.153. The first-order valence-corrected chi connectivity index (χ1v) is 22.7. The Kier molecular flexibility index (Phi) is 13.5. The van der Waals surface area contributed by atoms with Gasteiger partial charge in [-0.05, 0) is 151 Å². The fourth-order valence-corrected chi connectivity index (χ4v) is 9.20. The lowest BCUT2D eigenvalue weighted by molar-refractivity contribution is 0.363. The van der Waals surface area contributed by atoms with Gasteiger partial charge in [0, 0.05) is 38.9 Å². The maximum absolute atomic E-state index is 6.53. The number of para-hydroxylation sites is 1. The molecule has 0 unspecified atom stereocenters. The number of fused-ring (bicyclic) bond motifs is 5. The number of rotatable bonds is 7. The van der Waals surface area contributed by atoms with Crippen LogP contribution in [0.5, 0.6) is 11.5 Å². The first-order valence-electron chi connectivity index (χ1n) is 22.7. The number of nitrogens with zero attached hydrogens (tertiary/aromatic N) is 1. The maximum Gasteiger partial charge on any atom is 0.135 e. The normalized spacial score (nSPS) is 17.3. The average molecular weight is 818 g/mol. The Morgan fingerprint density at radius 2 is 1.55 bits per heavy atom. The van der Waals surface area contributed by atoms with Crippen molar-refractivity contribution in [3.05, 3.63) is 192 Å². The third-order valence-electron chi connectivity index (χ3n) is 12.4. The van der Waals surface area contributed by atoms with Crippen LogP contribution >= 0.6 is 0 Å². The van der Waals surface area contributed by atoms with Crippen molar-refractivity contribution >= 4 is 33.8 Å². The van der Waals surface area contributed by atoms with E-state index in [2.05, 4.69) is 155 Å². The molecule has 3 heteroatoms. The van der Waals surface area contributed by atoms with Crippen LogP contribution in [0.15, 0.2) is 158 Å². The van der Waals surface area contributed by atoms with Crippen LogP contribution in [-0.2, 0) is 5.41 Å². The molecule has 0 saturated carbocycles. The number of allylic oxidation sites excluding steroid dienone is 13. The number of hydrogen-bond acceptors (Lipinski definition) is 2. The first-order chi connectivity index (χ1) is 30.2. The number of benzene rings is 4. The average Bonchev–Trinajstić information content (AvgIpc) is 3.63. The lowest BCUT2D eigenvalue weighted by atomic mass is 9.81. The highest BCUT2D eigenvalue weighted by atomic mass is 16.5. The van der Waals surface area contributed by atoms with Gasteiger partial charge in [-0.2, -0.15) is 0 Å². The van der Waals surface area contributed by atoms with Crippen molar-refractivity contribution in [2.45, 2.75) is 92.9 Å². The molecule has 0 radical (unpaired) electrons. The van der Waals surface area contributed by atoms with E-state index in [4.69, 9.17) is 9.47 Å². The minimum atomic E-state index is -0.207. The van der Waals surface area contributed by atoms with Gasteiger partial charge < -0.3 is 14.0 Å². The Morgan fingerprint density at radius 3 is 2.32 bits per heavy atom. The Bertz CT molecular complexity index is 2750. The van der Waals surface area contributed by atoms with E-state index in [1.54, 1.807) is 0 Å². The lowest BCUT2D eigenvalue weighted by Gasteiger charge is -2.23. The van der Waals surface area contributed by atoms with Gasteiger partial charge in [-0.3, -0.25) is 0 Å². The molecule has 2 heterocycles. The standard InChI is InChI=1S/C55H51NO2.2C2H6/c1-7-39(40-25-28-46-47-29-27-43(35-51(47)55(5,6)50(46)34-40)58-53-24-15-8-11-19-37(53)3)32-48-38(4)56(42-20-13-9-14-21-42)52-30-26-41(33-49(48)52)45-23-17-22-44-36(2)18-12-10-16-31-57-54(44)45;2*1-2/h7,9-10,12-13,15-18,20,22-30,32-35H,1-2,8,11,14,19,21,31H2,3-6H3;2*1-2H3/b16-10-,18-12-,39-32+;;. The number of hydrogen-bond donors (Lipinski definition) is 0. The van der Waals surface area contributed by atoms with E-state index in [9.17, 15) is 0 Å². The van der Waals surface area contributed by atoms with Crippen molar-refractivity contribution in [1.29, 1.82) is 0 Å². The van der Waals surface area contributed by atoms with Gasteiger partial charge in [0.15, 0.2) is 0 Å². The SMILES string of the molecule is C=C/C(=C\c1c(C)n(C2=CC=CCC2)c2ccc(-c3cccc4c3OC/C=C\C=C/C4=C)cc12)c1ccc2c(c1)C(C)(C)c1cc(OC3=C(C)CCCC=C3)ccc1-2.CC.CC. The predicted molar refractivity (Wildman–Crippen MR) is 269 cm³/mol. The largest absolute Gasteiger partial charge is 0.488 e. The van der Waals surface area contributed by atoms with Crippen LogP contribution in [0.4, 0.5) is 0 Å². The smallest absolute Gasteiger partial charge is 0.135 e. The fourth-order valence-electron chi connectivity index (χ4n) is 9.20. The highest BCUT2D eigenvalue weighted by Crippen LogP contribution is 2.51. The van der Waals surface area contributed by atoms with E-state index in [0.29, 0.717) is 6.61 Å². The molecule has 0 spiro atoms. The van der Waals surface area contributed by atoms with Crippen molar-refractivity contribution < 1.29 is 9.47 Å². The number of ether oxygens (including phenoxy) is 2. The van der Waals surface area contributed by atoms with Gasteiger partial charge in [0.05, 0.1) is 5.52 Å². The first kappa shape index (κ1) is 43.8. The molecule has 5 aromatic rings. The molecular formula is C59H63NO2. The van der Waals surface area contributed by atoms with Gasteiger partial charge in [-0.1, -0.05) is 140 Å². The molecule has 316 valence electrons. The second-order valence-corrected chi connectivity index (χ2v) is 16.4. The predicted octanol–water partition coefficient (Wildman–Crippen LogP) is 16.8. The van der Waals surface area contributed by atoms with Crippen LogP contribution in [0.2, 0.25) is 0 Å². The third kappa shape index (κ3) is 8.34. The van der Waals surface area contributed by atoms with E-state index < -0.39 is 0 Å². The van der Waals surface area contributed by atoms with Crippen molar-refractivity contribution in [2.24, 2.45) is 0 Å². The Morgan fingerprint density at radius 1 is 0.774 bits per heavy atom. The van der Waals surface area contributed by atoms with Gasteiger partial charge in [0.2, 0.25) is 0 Å². The summed E-state index contributed by atoms with van der Waals surface area (Å²) < 4.78 is 15.4. The summed E-state index contributed by atoms with van der Waals surface area (Å²) in [7, 11) is 0. The molecule has 4 aromatic carbocycles. The molecule has 0 bridgehead atoms. The number of aromatic nitrogens is 1. The Balaban J connectivity index is 0.00000141. The van der Waals surface area contributed by atoms with Crippen molar-refractivity contribution in [3.63, 3.8) is 0 Å². The third-order valence-corrected chi connectivity index (χ3v) is 12.4. The summed E-state index contributed by atoms with van der Waals surface area (Å²) in [4.78, 5) is 0. The molecule has 0 atom stereocenters. The van der Waals surface area contributed by atoms with Crippen LogP contribution < -0.4 is 9.47 Å². The molecule has 0 fully saturated rings. The molecule has 3 aliphatic carbocycles. The lowest BCUT2D eigenvalue weighted by Crippen LogP contribution is -2.15. The van der Waals surface area contributed by atoms with Gasteiger partial charge in [-0.25, -0.2) is 0 Å². The van der Waals surface area contributed by atoms with Crippen LogP contribution in [-0.4, -0.2) is 11.2 Å². The highest BCUT2D eigenvalue weighted by molar-refractivity contribution is 6.02. The van der Waals surface area contributed by atoms with Crippen molar-refractivity contribution in [3.8, 4) is 33.8 Å². The van der Waals surface area contributed by atoms with E-state index in [-0.39, 0.29) is 5.41 Å². The van der Waals surface area contributed by atoms with Gasteiger partial charge in [-0.15, -0.1) is 0 Å².